The van der Waals surface area contributed by atoms with Gasteiger partial charge in [-0.15, -0.1) is 10.2 Å². The van der Waals surface area contributed by atoms with Crippen LogP contribution in [-0.2, 0) is 39.9 Å². The zero-order valence-electron chi connectivity index (χ0n) is 28.4. The van der Waals surface area contributed by atoms with E-state index >= 15 is 0 Å². The number of sulfone groups is 2. The van der Waals surface area contributed by atoms with Crippen molar-refractivity contribution in [3.05, 3.63) is 77.3 Å². The van der Waals surface area contributed by atoms with Crippen molar-refractivity contribution < 1.29 is 42.8 Å². The van der Waals surface area contributed by atoms with Crippen molar-refractivity contribution in [2.45, 2.75) is 16.7 Å². The molecule has 21 nitrogen and oxygen atoms in total. The summed E-state index contributed by atoms with van der Waals surface area (Å²) < 4.78 is 115. The first kappa shape index (κ1) is 42.4. The van der Waals surface area contributed by atoms with Crippen LogP contribution in [0.1, 0.15) is 5.56 Å². The Balaban J connectivity index is 1.71. The highest BCUT2D eigenvalue weighted by Gasteiger charge is 2.20. The van der Waals surface area contributed by atoms with E-state index in [1.807, 2.05) is 0 Å². The fourth-order valence-electron chi connectivity index (χ4n) is 4.33. The molecule has 0 aliphatic carbocycles. The number of pyridine rings is 1. The molecule has 0 saturated carbocycles. The molecule has 294 valence electrons. The second-order valence-corrected chi connectivity index (χ2v) is 18.3. The van der Waals surface area contributed by atoms with Crippen molar-refractivity contribution >= 4 is 103 Å². The molecular formula is C29H32ClN11O10S4. The maximum Gasteiger partial charge on any atom is 0.296 e. The lowest BCUT2D eigenvalue weighted by atomic mass is 10.2. The van der Waals surface area contributed by atoms with Gasteiger partial charge in [0.25, 0.3) is 20.2 Å². The van der Waals surface area contributed by atoms with E-state index in [0.29, 0.717) is 0 Å². The first-order valence-corrected chi connectivity index (χ1v) is 21.8. The van der Waals surface area contributed by atoms with Crippen molar-refractivity contribution in [2.75, 3.05) is 51.6 Å². The highest BCUT2D eigenvalue weighted by atomic mass is 35.5. The monoisotopic (exact) mass is 857 g/mol. The molecule has 55 heavy (non-hydrogen) atoms. The number of aromatic nitrogens is 4. The van der Waals surface area contributed by atoms with Gasteiger partial charge < -0.3 is 27.0 Å². The summed E-state index contributed by atoms with van der Waals surface area (Å²) in [6.45, 7) is 7.69. The molecule has 0 aliphatic rings. The lowest BCUT2D eigenvalue weighted by Crippen LogP contribution is -2.18. The van der Waals surface area contributed by atoms with E-state index in [2.05, 4.69) is 64.6 Å². The first-order chi connectivity index (χ1) is 25.6. The molecule has 4 aromatic rings. The predicted molar refractivity (Wildman–Crippen MR) is 206 cm³/mol. The van der Waals surface area contributed by atoms with Gasteiger partial charge in [0.2, 0.25) is 17.2 Å². The van der Waals surface area contributed by atoms with Crippen LogP contribution >= 0.6 is 11.6 Å². The Bertz CT molecular complexity index is 2630. The molecular weight excluding hydrogens is 826 g/mol. The molecule has 0 aliphatic heterocycles. The van der Waals surface area contributed by atoms with Crippen LogP contribution in [0, 0.1) is 6.92 Å². The van der Waals surface area contributed by atoms with Gasteiger partial charge in [0.1, 0.15) is 16.3 Å². The number of azo groups is 1. The van der Waals surface area contributed by atoms with Gasteiger partial charge in [-0.25, -0.2) is 21.8 Å². The molecule has 0 radical (unpaired) electrons. The average molecular weight is 858 g/mol. The number of nitrogen functional groups attached to an aromatic ring is 1. The van der Waals surface area contributed by atoms with Crippen LogP contribution in [0.3, 0.4) is 0 Å². The molecule has 0 saturated heterocycles. The molecule has 2 heterocycles. The number of anilines is 7. The minimum atomic E-state index is -4.90. The van der Waals surface area contributed by atoms with Gasteiger partial charge in [0, 0.05) is 40.8 Å². The fourth-order valence-corrected chi connectivity index (χ4v) is 6.72. The van der Waals surface area contributed by atoms with Crippen LogP contribution in [0.5, 0.6) is 0 Å². The number of hydrogen-bond donors (Lipinski definition) is 7. The summed E-state index contributed by atoms with van der Waals surface area (Å²) in [5.41, 5.74) is 6.27. The van der Waals surface area contributed by atoms with Crippen LogP contribution in [0.2, 0.25) is 5.28 Å². The molecule has 0 amide bonds. The van der Waals surface area contributed by atoms with Crippen LogP contribution in [0.4, 0.5) is 52.0 Å². The highest BCUT2D eigenvalue weighted by Crippen LogP contribution is 2.38. The van der Waals surface area contributed by atoms with E-state index in [1.165, 1.54) is 25.1 Å². The Morgan fingerprint density at radius 3 is 1.87 bits per heavy atom. The molecule has 2 aromatic carbocycles. The summed E-state index contributed by atoms with van der Waals surface area (Å²) in [5, 5.41) is 20.5. The molecule has 0 fully saturated rings. The average Bonchev–Trinajstić information content (AvgIpc) is 3.09. The van der Waals surface area contributed by atoms with Crippen molar-refractivity contribution in [3.8, 4) is 0 Å². The smallest absolute Gasteiger partial charge is 0.296 e. The summed E-state index contributed by atoms with van der Waals surface area (Å²) in [5.74, 6) is -1.16. The Hall–Kier alpha value is -5.31. The third-order valence-corrected chi connectivity index (χ3v) is 11.6. The van der Waals surface area contributed by atoms with Crippen LogP contribution in [-0.4, -0.2) is 87.3 Å². The van der Waals surface area contributed by atoms with Crippen LogP contribution < -0.4 is 27.0 Å². The van der Waals surface area contributed by atoms with E-state index in [4.69, 9.17) is 17.3 Å². The van der Waals surface area contributed by atoms with E-state index in [-0.39, 0.29) is 76.0 Å². The van der Waals surface area contributed by atoms with Gasteiger partial charge >= 0.3 is 0 Å². The molecule has 0 atom stereocenters. The quantitative estimate of drug-likeness (QED) is 0.0546. The summed E-state index contributed by atoms with van der Waals surface area (Å²) in [6.07, 6.45) is 0. The number of hydrogen-bond acceptors (Lipinski definition) is 19. The van der Waals surface area contributed by atoms with Crippen molar-refractivity contribution in [1.82, 2.24) is 19.9 Å². The number of benzene rings is 2. The zero-order chi connectivity index (χ0) is 40.8. The van der Waals surface area contributed by atoms with Crippen molar-refractivity contribution in [3.63, 3.8) is 0 Å². The normalized spacial score (nSPS) is 12.3. The summed E-state index contributed by atoms with van der Waals surface area (Å²) in [7, 11) is -16.6. The number of nitrogens with zero attached hydrogens (tertiary/aromatic N) is 6. The third kappa shape index (κ3) is 11.8. The van der Waals surface area contributed by atoms with Gasteiger partial charge in [-0.05, 0) is 54.9 Å². The van der Waals surface area contributed by atoms with E-state index < -0.39 is 61.1 Å². The molecule has 0 unspecified atom stereocenters. The van der Waals surface area contributed by atoms with E-state index in [0.717, 1.165) is 35.1 Å². The molecule has 26 heteroatoms. The molecule has 2 aromatic heterocycles. The third-order valence-electron chi connectivity index (χ3n) is 7.08. The standard InChI is InChI=1S/C29H32ClN11O10S4/c1-4-52(42,43)13-11-32-25-23(31)17(3)24(26(36-25)33-12-14-53(44,45)5-2)41-40-21-16-19(9-10-22(21)55(49,50)51)35-29-38-27(30)37-28(39-29)34-18-7-6-8-20(15-18)54(46,47)48/h4-10,15-16H,1-2,11-14,31H2,3H3,(H2,32,33,36)(H,46,47,48)(H,49,50,51)(H2,34,35,37,38,39)/b41-40+. The van der Waals surface area contributed by atoms with Gasteiger partial charge in [-0.3, -0.25) is 9.11 Å². The number of nitrogens with two attached hydrogens (primary N) is 1. The molecule has 0 bridgehead atoms. The maximum atomic E-state index is 12.3. The number of nitrogens with one attached hydrogen (secondary N) is 4. The van der Waals surface area contributed by atoms with Crippen molar-refractivity contribution in [1.29, 1.82) is 0 Å². The van der Waals surface area contributed by atoms with Gasteiger partial charge in [0.05, 0.1) is 22.1 Å². The second kappa shape index (κ2) is 17.0. The SMILES string of the molecule is C=CS(=O)(=O)CCNc1nc(NCCS(=O)(=O)C=C)c(/N=N/c2cc(Nc3nc(Cl)nc(Nc4cccc(S(=O)(=O)O)c4)n3)ccc2S(=O)(=O)O)c(C)c1N. The largest absolute Gasteiger partial charge is 0.395 e. The summed E-state index contributed by atoms with van der Waals surface area (Å²) >= 11 is 6.08. The van der Waals surface area contributed by atoms with Crippen molar-refractivity contribution in [2.24, 2.45) is 10.2 Å². The summed E-state index contributed by atoms with van der Waals surface area (Å²) in [6, 6.07) is 8.46. The fraction of sp³-hybridized carbons (Fsp3) is 0.172. The Morgan fingerprint density at radius 1 is 0.764 bits per heavy atom. The maximum absolute atomic E-state index is 12.3. The van der Waals surface area contributed by atoms with Gasteiger partial charge in [-0.1, -0.05) is 19.2 Å². The minimum absolute atomic E-state index is 0.000439. The lowest BCUT2D eigenvalue weighted by Gasteiger charge is -2.16. The summed E-state index contributed by atoms with van der Waals surface area (Å²) in [4.78, 5) is 15.3. The Morgan fingerprint density at radius 2 is 1.33 bits per heavy atom. The Kier molecular flexibility index (Phi) is 13.1. The molecule has 8 N–H and O–H groups in total. The number of halogens is 1. The molecule has 4 rings (SSSR count). The Labute approximate surface area is 320 Å². The van der Waals surface area contributed by atoms with E-state index in [1.54, 1.807) is 0 Å². The van der Waals surface area contributed by atoms with Gasteiger partial charge in [0.15, 0.2) is 31.3 Å². The lowest BCUT2D eigenvalue weighted by molar-refractivity contribution is 0.481. The topological polar surface area (TPSA) is 327 Å². The predicted octanol–water partition coefficient (Wildman–Crippen LogP) is 4.15. The van der Waals surface area contributed by atoms with E-state index in [9.17, 15) is 42.8 Å². The van der Waals surface area contributed by atoms with Crippen LogP contribution in [0.15, 0.2) is 86.5 Å². The first-order valence-electron chi connectivity index (χ1n) is 15.2. The second-order valence-electron chi connectivity index (χ2n) is 11.0. The number of rotatable bonds is 18. The van der Waals surface area contributed by atoms with Crippen LogP contribution in [0.25, 0.3) is 0 Å². The molecule has 0 spiro atoms. The minimum Gasteiger partial charge on any atom is -0.395 e. The highest BCUT2D eigenvalue weighted by molar-refractivity contribution is 7.94. The van der Waals surface area contributed by atoms with Gasteiger partial charge in [-0.2, -0.15) is 31.8 Å². The zero-order valence-corrected chi connectivity index (χ0v) is 32.4.